The highest BCUT2D eigenvalue weighted by Crippen LogP contribution is 2.23. The lowest BCUT2D eigenvalue weighted by molar-refractivity contribution is 0.0732. The number of aromatic nitrogens is 2. The molecule has 2 fully saturated rings. The van der Waals surface area contributed by atoms with E-state index >= 15 is 0 Å². The molecule has 4 aromatic rings. The normalized spacial score (nSPS) is 15.6. The maximum atomic E-state index is 5.61. The molecule has 2 atom stereocenters. The molecule has 10 nitrogen and oxygen atoms in total. The van der Waals surface area contributed by atoms with Crippen LogP contribution < -0.4 is 20.9 Å². The van der Waals surface area contributed by atoms with E-state index < -0.39 is 0 Å². The summed E-state index contributed by atoms with van der Waals surface area (Å²) >= 11 is 3.33. The van der Waals surface area contributed by atoms with Gasteiger partial charge in [-0.2, -0.15) is 0 Å². The summed E-state index contributed by atoms with van der Waals surface area (Å²) in [5.74, 6) is 0. The standard InChI is InChI=1S/C19H25N3O2.C10H14N2O.C9H12BrNO/c1-3-24-15(2)19-9-6-17(14-20-19)21-16-4-7-18(8-5-16)22-10-12-23-13-11-22;11-9-1-3-10(4-2-9)12-5-7-13-8-6-12;1-3-12-7(2)9-5-4-8(10)6-11-9/h4-9,14-15,21H,3,10-13H2,1-2H3;1-4H,5-8,11H2;4-7H,3H2,1-2H3. The van der Waals surface area contributed by atoms with Gasteiger partial charge in [0, 0.05) is 72.8 Å². The zero-order valence-electron chi connectivity index (χ0n) is 29.2. The van der Waals surface area contributed by atoms with Crippen molar-refractivity contribution in [1.29, 1.82) is 0 Å². The largest absolute Gasteiger partial charge is 0.399 e. The van der Waals surface area contributed by atoms with Crippen molar-refractivity contribution in [3.05, 3.63) is 101 Å². The molecule has 3 N–H and O–H groups in total. The fourth-order valence-corrected chi connectivity index (χ4v) is 5.50. The van der Waals surface area contributed by atoms with Gasteiger partial charge in [-0.25, -0.2) is 0 Å². The smallest absolute Gasteiger partial charge is 0.0966 e. The van der Waals surface area contributed by atoms with Crippen LogP contribution in [0.2, 0.25) is 0 Å². The molecule has 2 saturated heterocycles. The molecular weight excluding hydrogens is 684 g/mol. The van der Waals surface area contributed by atoms with E-state index in [0.717, 1.165) is 92.1 Å². The minimum atomic E-state index is 0.0249. The molecule has 264 valence electrons. The van der Waals surface area contributed by atoms with E-state index in [1.165, 1.54) is 11.4 Å². The van der Waals surface area contributed by atoms with Gasteiger partial charge in [-0.3, -0.25) is 9.97 Å². The molecule has 0 aliphatic carbocycles. The fraction of sp³-hybridized carbons (Fsp3) is 0.421. The molecule has 4 heterocycles. The van der Waals surface area contributed by atoms with Crippen molar-refractivity contribution in [1.82, 2.24) is 9.97 Å². The SMILES string of the molecule is CCOC(C)c1ccc(Br)cn1.CCOC(C)c1ccc(Nc2ccc(N3CCOCC3)cc2)cn1.Nc1ccc(N2CCOCC2)cc1. The first-order valence-corrected chi connectivity index (χ1v) is 17.8. The lowest BCUT2D eigenvalue weighted by Crippen LogP contribution is -2.36. The lowest BCUT2D eigenvalue weighted by atomic mass is 10.2. The summed E-state index contributed by atoms with van der Waals surface area (Å²) < 4.78 is 22.6. The van der Waals surface area contributed by atoms with Gasteiger partial charge in [-0.05, 0) is 116 Å². The first-order valence-electron chi connectivity index (χ1n) is 17.0. The number of rotatable bonds is 10. The van der Waals surface area contributed by atoms with Crippen molar-refractivity contribution in [2.75, 3.05) is 86.7 Å². The average molecular weight is 736 g/mol. The molecular formula is C38H51BrN6O4. The molecule has 0 radical (unpaired) electrons. The van der Waals surface area contributed by atoms with Crippen molar-refractivity contribution >= 4 is 44.4 Å². The van der Waals surface area contributed by atoms with Crippen LogP contribution >= 0.6 is 15.9 Å². The number of nitrogen functional groups attached to an aromatic ring is 1. The highest BCUT2D eigenvalue weighted by atomic mass is 79.9. The maximum Gasteiger partial charge on any atom is 0.0966 e. The first kappa shape index (κ1) is 38.1. The molecule has 0 bridgehead atoms. The van der Waals surface area contributed by atoms with Gasteiger partial charge in [0.15, 0.2) is 0 Å². The number of benzene rings is 2. The van der Waals surface area contributed by atoms with Crippen LogP contribution in [0.15, 0.2) is 89.7 Å². The van der Waals surface area contributed by atoms with Crippen LogP contribution in [0.25, 0.3) is 0 Å². The van der Waals surface area contributed by atoms with Crippen molar-refractivity contribution in [2.45, 2.75) is 39.9 Å². The van der Waals surface area contributed by atoms with Gasteiger partial charge in [-0.15, -0.1) is 0 Å². The summed E-state index contributed by atoms with van der Waals surface area (Å²) in [5.41, 5.74) is 12.9. The first-order chi connectivity index (χ1) is 23.9. The summed E-state index contributed by atoms with van der Waals surface area (Å²) in [5, 5.41) is 3.39. The number of nitrogens with one attached hydrogen (secondary N) is 1. The Labute approximate surface area is 300 Å². The van der Waals surface area contributed by atoms with Crippen LogP contribution in [0, 0.1) is 0 Å². The van der Waals surface area contributed by atoms with E-state index in [1.54, 1.807) is 6.20 Å². The summed E-state index contributed by atoms with van der Waals surface area (Å²) in [4.78, 5) is 13.4. The van der Waals surface area contributed by atoms with Crippen LogP contribution in [0.5, 0.6) is 0 Å². The Morgan fingerprint density at radius 2 is 1.12 bits per heavy atom. The molecule has 2 aromatic carbocycles. The number of hydrogen-bond acceptors (Lipinski definition) is 10. The Balaban J connectivity index is 0.000000182. The summed E-state index contributed by atoms with van der Waals surface area (Å²) in [6.45, 7) is 16.5. The molecule has 2 aliphatic heterocycles. The highest BCUT2D eigenvalue weighted by molar-refractivity contribution is 9.10. The molecule has 6 rings (SSSR count). The minimum absolute atomic E-state index is 0.0249. The number of ether oxygens (including phenoxy) is 4. The lowest BCUT2D eigenvalue weighted by Gasteiger charge is -2.28. The Morgan fingerprint density at radius 1 is 0.673 bits per heavy atom. The van der Waals surface area contributed by atoms with E-state index in [0.29, 0.717) is 6.61 Å². The zero-order chi connectivity index (χ0) is 34.8. The number of halogens is 1. The Bertz CT molecular complexity index is 1460. The van der Waals surface area contributed by atoms with E-state index in [-0.39, 0.29) is 12.2 Å². The van der Waals surface area contributed by atoms with Gasteiger partial charge >= 0.3 is 0 Å². The van der Waals surface area contributed by atoms with Crippen molar-refractivity contribution in [3.63, 3.8) is 0 Å². The van der Waals surface area contributed by atoms with Gasteiger partial charge in [-0.1, -0.05) is 0 Å². The van der Waals surface area contributed by atoms with Gasteiger partial charge in [0.05, 0.1) is 61.9 Å². The molecule has 2 aromatic heterocycles. The number of nitrogens with two attached hydrogens (primary N) is 1. The minimum Gasteiger partial charge on any atom is -0.399 e. The maximum absolute atomic E-state index is 5.61. The topological polar surface area (TPSA) is 107 Å². The van der Waals surface area contributed by atoms with Crippen molar-refractivity contribution in [2.24, 2.45) is 0 Å². The predicted octanol–water partition coefficient (Wildman–Crippen LogP) is 7.81. The summed E-state index contributed by atoms with van der Waals surface area (Å²) in [6, 6.07) is 24.4. The predicted molar refractivity (Wildman–Crippen MR) is 203 cm³/mol. The Kier molecular flexibility index (Phi) is 16.1. The second kappa shape index (κ2) is 20.7. The second-order valence-corrected chi connectivity index (χ2v) is 12.4. The van der Waals surface area contributed by atoms with Crippen LogP contribution in [-0.2, 0) is 18.9 Å². The van der Waals surface area contributed by atoms with Gasteiger partial charge in [0.2, 0.25) is 0 Å². The summed E-state index contributed by atoms with van der Waals surface area (Å²) in [7, 11) is 0. The van der Waals surface area contributed by atoms with E-state index in [2.05, 4.69) is 77.4 Å². The highest BCUT2D eigenvalue weighted by Gasteiger charge is 2.12. The van der Waals surface area contributed by atoms with Gasteiger partial charge in [0.1, 0.15) is 0 Å². The average Bonchev–Trinajstić information content (AvgIpc) is 3.14. The molecule has 2 unspecified atom stereocenters. The Hall–Kier alpha value is -3.74. The molecule has 0 spiro atoms. The van der Waals surface area contributed by atoms with E-state index in [9.17, 15) is 0 Å². The number of nitrogens with zero attached hydrogens (tertiary/aromatic N) is 4. The second-order valence-electron chi connectivity index (χ2n) is 11.5. The quantitative estimate of drug-likeness (QED) is 0.157. The van der Waals surface area contributed by atoms with Crippen LogP contribution in [0.1, 0.15) is 51.3 Å². The third-order valence-electron chi connectivity index (χ3n) is 8.00. The van der Waals surface area contributed by atoms with Gasteiger partial charge in [0.25, 0.3) is 0 Å². The van der Waals surface area contributed by atoms with E-state index in [4.69, 9.17) is 24.7 Å². The van der Waals surface area contributed by atoms with Crippen molar-refractivity contribution in [3.8, 4) is 0 Å². The molecule has 2 aliphatic rings. The molecule has 0 amide bonds. The zero-order valence-corrected chi connectivity index (χ0v) is 30.8. The molecule has 11 heteroatoms. The Morgan fingerprint density at radius 3 is 1.55 bits per heavy atom. The number of morpholine rings is 2. The number of anilines is 5. The van der Waals surface area contributed by atoms with E-state index in [1.807, 2.05) is 70.3 Å². The molecule has 0 saturated carbocycles. The third kappa shape index (κ3) is 12.9. The van der Waals surface area contributed by atoms with Crippen LogP contribution in [-0.4, -0.2) is 75.8 Å². The van der Waals surface area contributed by atoms with Crippen LogP contribution in [0.3, 0.4) is 0 Å². The number of hydrogen-bond donors (Lipinski definition) is 2. The number of pyridine rings is 2. The third-order valence-corrected chi connectivity index (χ3v) is 8.47. The van der Waals surface area contributed by atoms with Crippen LogP contribution in [0.4, 0.5) is 28.4 Å². The van der Waals surface area contributed by atoms with Gasteiger partial charge < -0.3 is 39.8 Å². The van der Waals surface area contributed by atoms with Crippen molar-refractivity contribution < 1.29 is 18.9 Å². The monoisotopic (exact) mass is 734 g/mol. The molecule has 49 heavy (non-hydrogen) atoms. The summed E-state index contributed by atoms with van der Waals surface area (Å²) in [6.07, 6.45) is 3.74. The fourth-order valence-electron chi connectivity index (χ4n) is 5.27.